The van der Waals surface area contributed by atoms with Gasteiger partial charge in [0.05, 0.1) is 0 Å². The van der Waals surface area contributed by atoms with Crippen molar-refractivity contribution in [2.75, 3.05) is 6.61 Å². The molecule has 4 rings (SSSR count). The van der Waals surface area contributed by atoms with E-state index in [9.17, 15) is 0 Å². The minimum atomic E-state index is 0.588. The van der Waals surface area contributed by atoms with Crippen molar-refractivity contribution in [3.63, 3.8) is 0 Å². The third-order valence-corrected chi connectivity index (χ3v) is 8.32. The van der Waals surface area contributed by atoms with Crippen LogP contribution in [0.2, 0.25) is 0 Å². The molecule has 158 valence electrons. The SMILES string of the molecule is C=CCOc1ccc(C2CCC3CC(C4CCC(/C=C/C)CC4)CCC3C2)cc1. The van der Waals surface area contributed by atoms with Crippen molar-refractivity contribution >= 4 is 0 Å². The second-order valence-electron chi connectivity index (χ2n) is 9.97. The molecule has 29 heavy (non-hydrogen) atoms. The van der Waals surface area contributed by atoms with Gasteiger partial charge in [-0.2, -0.15) is 0 Å². The molecule has 3 fully saturated rings. The molecule has 1 aromatic rings. The first-order valence-corrected chi connectivity index (χ1v) is 12.2. The van der Waals surface area contributed by atoms with Gasteiger partial charge in [0.25, 0.3) is 0 Å². The summed E-state index contributed by atoms with van der Waals surface area (Å²) in [6.07, 6.45) is 21.1. The highest BCUT2D eigenvalue weighted by molar-refractivity contribution is 5.30. The van der Waals surface area contributed by atoms with Crippen LogP contribution in [0.25, 0.3) is 0 Å². The van der Waals surface area contributed by atoms with E-state index >= 15 is 0 Å². The van der Waals surface area contributed by atoms with Gasteiger partial charge >= 0.3 is 0 Å². The summed E-state index contributed by atoms with van der Waals surface area (Å²) in [6.45, 7) is 6.49. The van der Waals surface area contributed by atoms with Gasteiger partial charge in [-0.1, -0.05) is 36.9 Å². The van der Waals surface area contributed by atoms with E-state index in [2.05, 4.69) is 49.9 Å². The van der Waals surface area contributed by atoms with Crippen molar-refractivity contribution in [1.29, 1.82) is 0 Å². The lowest BCUT2D eigenvalue weighted by atomic mass is 9.60. The van der Waals surface area contributed by atoms with Crippen molar-refractivity contribution in [1.82, 2.24) is 0 Å². The molecule has 1 heteroatoms. The van der Waals surface area contributed by atoms with Crippen LogP contribution in [0.3, 0.4) is 0 Å². The fraction of sp³-hybridized carbons (Fsp3) is 0.643. The summed E-state index contributed by atoms with van der Waals surface area (Å²) in [6, 6.07) is 8.90. The van der Waals surface area contributed by atoms with Crippen molar-refractivity contribution in [2.45, 2.75) is 77.0 Å². The summed E-state index contributed by atoms with van der Waals surface area (Å²) in [7, 11) is 0. The largest absolute Gasteiger partial charge is 0.490 e. The molecule has 3 saturated carbocycles. The molecule has 1 nitrogen and oxygen atoms in total. The molecular formula is C28H40O. The van der Waals surface area contributed by atoms with Gasteiger partial charge in [0.15, 0.2) is 0 Å². The van der Waals surface area contributed by atoms with E-state index in [4.69, 9.17) is 4.74 Å². The molecule has 3 aliphatic rings. The lowest BCUT2D eigenvalue weighted by molar-refractivity contribution is 0.0748. The van der Waals surface area contributed by atoms with Gasteiger partial charge in [-0.15, -0.1) is 0 Å². The first-order chi connectivity index (χ1) is 14.3. The molecule has 0 radical (unpaired) electrons. The van der Waals surface area contributed by atoms with Crippen LogP contribution in [0.5, 0.6) is 5.75 Å². The Morgan fingerprint density at radius 1 is 0.828 bits per heavy atom. The van der Waals surface area contributed by atoms with Crippen LogP contribution >= 0.6 is 0 Å². The highest BCUT2D eigenvalue weighted by Crippen LogP contribution is 2.50. The normalized spacial score (nSPS) is 35.2. The number of benzene rings is 1. The van der Waals surface area contributed by atoms with Gasteiger partial charge in [-0.05, 0) is 124 Å². The fourth-order valence-electron chi connectivity index (χ4n) is 6.73. The third-order valence-electron chi connectivity index (χ3n) is 8.32. The van der Waals surface area contributed by atoms with E-state index in [0.29, 0.717) is 6.61 Å². The van der Waals surface area contributed by atoms with E-state index in [1.165, 1.54) is 69.8 Å². The Morgan fingerprint density at radius 2 is 1.45 bits per heavy atom. The minimum Gasteiger partial charge on any atom is -0.490 e. The van der Waals surface area contributed by atoms with Crippen LogP contribution in [0.4, 0.5) is 0 Å². The van der Waals surface area contributed by atoms with E-state index in [1.807, 2.05) is 0 Å². The van der Waals surface area contributed by atoms with E-state index < -0.39 is 0 Å². The topological polar surface area (TPSA) is 9.23 Å². The summed E-state index contributed by atoms with van der Waals surface area (Å²) in [5.74, 6) is 6.63. The predicted octanol–water partition coefficient (Wildman–Crippen LogP) is 7.93. The Morgan fingerprint density at radius 3 is 2.14 bits per heavy atom. The summed E-state index contributed by atoms with van der Waals surface area (Å²) >= 11 is 0. The summed E-state index contributed by atoms with van der Waals surface area (Å²) in [4.78, 5) is 0. The monoisotopic (exact) mass is 392 g/mol. The number of hydrogen-bond donors (Lipinski definition) is 0. The van der Waals surface area contributed by atoms with Gasteiger partial charge in [-0.3, -0.25) is 0 Å². The first-order valence-electron chi connectivity index (χ1n) is 12.2. The highest BCUT2D eigenvalue weighted by Gasteiger charge is 2.38. The second-order valence-corrected chi connectivity index (χ2v) is 9.97. The molecule has 3 aliphatic carbocycles. The fourth-order valence-corrected chi connectivity index (χ4v) is 6.73. The molecule has 0 aromatic heterocycles. The summed E-state index contributed by atoms with van der Waals surface area (Å²) in [5, 5.41) is 0. The molecule has 0 aliphatic heterocycles. The third kappa shape index (κ3) is 5.16. The molecule has 0 saturated heterocycles. The number of fused-ring (bicyclic) bond motifs is 1. The zero-order valence-electron chi connectivity index (χ0n) is 18.4. The van der Waals surface area contributed by atoms with Crippen molar-refractivity contribution in [3.05, 3.63) is 54.6 Å². The standard InChI is InChI=1S/C28H40O/c1-3-5-21-6-8-22(9-7-21)24-10-12-27-20-25(11-13-26(27)19-24)23-14-16-28(17-15-23)29-18-4-2/h3-5,14-17,21-22,24-27H,2,6-13,18-20H2,1H3/b5-3+. The second kappa shape index (κ2) is 10.0. The summed E-state index contributed by atoms with van der Waals surface area (Å²) in [5.41, 5.74) is 1.53. The molecule has 1 aromatic carbocycles. The molecule has 0 amide bonds. The van der Waals surface area contributed by atoms with E-state index in [1.54, 1.807) is 6.08 Å². The maximum atomic E-state index is 5.65. The molecule has 4 atom stereocenters. The van der Waals surface area contributed by atoms with Gasteiger partial charge in [0, 0.05) is 0 Å². The lowest BCUT2D eigenvalue weighted by Gasteiger charge is -2.45. The average molecular weight is 393 g/mol. The Labute approximate surface area is 178 Å². The van der Waals surface area contributed by atoms with Crippen LogP contribution in [0.15, 0.2) is 49.1 Å². The average Bonchev–Trinajstić information content (AvgIpc) is 2.78. The van der Waals surface area contributed by atoms with Crippen LogP contribution in [0, 0.1) is 29.6 Å². The van der Waals surface area contributed by atoms with Crippen molar-refractivity contribution < 1.29 is 4.74 Å². The van der Waals surface area contributed by atoms with E-state index in [0.717, 1.165) is 41.3 Å². The molecule has 0 spiro atoms. The van der Waals surface area contributed by atoms with Gasteiger partial charge in [-0.25, -0.2) is 0 Å². The molecule has 4 unspecified atom stereocenters. The van der Waals surface area contributed by atoms with Gasteiger partial charge in [0.1, 0.15) is 12.4 Å². The highest BCUT2D eigenvalue weighted by atomic mass is 16.5. The number of ether oxygens (including phenoxy) is 1. The van der Waals surface area contributed by atoms with Gasteiger partial charge in [0.2, 0.25) is 0 Å². The maximum Gasteiger partial charge on any atom is 0.119 e. The van der Waals surface area contributed by atoms with E-state index in [-0.39, 0.29) is 0 Å². The Hall–Kier alpha value is -1.50. The van der Waals surface area contributed by atoms with Crippen molar-refractivity contribution in [3.8, 4) is 5.75 Å². The Balaban J connectivity index is 1.28. The molecule has 0 bridgehead atoms. The molecule has 0 N–H and O–H groups in total. The Bertz CT molecular complexity index is 664. The number of rotatable bonds is 6. The van der Waals surface area contributed by atoms with Gasteiger partial charge < -0.3 is 4.74 Å². The first kappa shape index (κ1) is 20.8. The predicted molar refractivity (Wildman–Crippen MR) is 123 cm³/mol. The lowest BCUT2D eigenvalue weighted by Crippen LogP contribution is -2.34. The molecular weight excluding hydrogens is 352 g/mol. The number of hydrogen-bond acceptors (Lipinski definition) is 1. The smallest absolute Gasteiger partial charge is 0.119 e. The maximum absolute atomic E-state index is 5.65. The van der Waals surface area contributed by atoms with Crippen LogP contribution in [-0.4, -0.2) is 6.61 Å². The minimum absolute atomic E-state index is 0.588. The van der Waals surface area contributed by atoms with Crippen LogP contribution in [0.1, 0.15) is 82.6 Å². The zero-order chi connectivity index (χ0) is 20.1. The quantitative estimate of drug-likeness (QED) is 0.446. The zero-order valence-corrected chi connectivity index (χ0v) is 18.4. The molecule has 0 heterocycles. The van der Waals surface area contributed by atoms with Crippen LogP contribution in [-0.2, 0) is 0 Å². The number of allylic oxidation sites excluding steroid dienone is 2. The summed E-state index contributed by atoms with van der Waals surface area (Å²) < 4.78 is 5.65. The van der Waals surface area contributed by atoms with Crippen molar-refractivity contribution in [2.24, 2.45) is 29.6 Å². The van der Waals surface area contributed by atoms with Crippen LogP contribution < -0.4 is 4.74 Å². The Kier molecular flexibility index (Phi) is 7.16.